The van der Waals surface area contributed by atoms with Crippen LogP contribution in [0.15, 0.2) is 47.4 Å². The van der Waals surface area contributed by atoms with E-state index in [-0.39, 0.29) is 48.4 Å². The SMILES string of the molecule is O=C1CCc2cc(S(=O)(=O)N3CCC(N4CC(=O)N(c5ccccc5)C4=O)CC3)cc3c2N1CC3. The van der Waals surface area contributed by atoms with Gasteiger partial charge in [0, 0.05) is 32.1 Å². The number of urea groups is 1. The average molecular weight is 495 g/mol. The summed E-state index contributed by atoms with van der Waals surface area (Å²) in [4.78, 5) is 42.6. The van der Waals surface area contributed by atoms with Crippen LogP contribution in [0.25, 0.3) is 0 Å². The van der Waals surface area contributed by atoms with Crippen LogP contribution in [-0.2, 0) is 32.5 Å². The standard InChI is InChI=1S/C25H26N4O5S/c30-22-7-6-17-14-21(15-18-8-13-27(22)24(17)18)35(33,34)26-11-9-19(10-12-26)28-16-23(31)29(25(28)32)20-4-2-1-3-5-20/h1-5,14-15,19H,6-13,16H2. The van der Waals surface area contributed by atoms with Gasteiger partial charge in [0.15, 0.2) is 0 Å². The number of rotatable bonds is 4. The number of hydrogen-bond acceptors (Lipinski definition) is 5. The summed E-state index contributed by atoms with van der Waals surface area (Å²) in [7, 11) is -3.70. The molecule has 4 aliphatic rings. The van der Waals surface area contributed by atoms with E-state index in [0.717, 1.165) is 16.8 Å². The molecular weight excluding hydrogens is 468 g/mol. The summed E-state index contributed by atoms with van der Waals surface area (Å²) in [6, 6.07) is 11.8. The number of hydrogen-bond donors (Lipinski definition) is 0. The van der Waals surface area contributed by atoms with Crippen molar-refractivity contribution < 1.29 is 22.8 Å². The summed E-state index contributed by atoms with van der Waals surface area (Å²) in [5.74, 6) is -0.161. The zero-order valence-electron chi connectivity index (χ0n) is 19.2. The maximum absolute atomic E-state index is 13.5. The molecular formula is C25H26N4O5S. The number of aryl methyl sites for hydroxylation is 1. The van der Waals surface area contributed by atoms with Gasteiger partial charge in [-0.05, 0) is 61.1 Å². The van der Waals surface area contributed by atoms with Crippen molar-refractivity contribution in [3.63, 3.8) is 0 Å². The van der Waals surface area contributed by atoms with Crippen LogP contribution < -0.4 is 9.80 Å². The Hall–Kier alpha value is -3.24. The van der Waals surface area contributed by atoms with Crippen molar-refractivity contribution in [2.75, 3.05) is 36.0 Å². The molecule has 0 unspecified atom stereocenters. The molecule has 2 saturated heterocycles. The van der Waals surface area contributed by atoms with Crippen LogP contribution in [0.3, 0.4) is 0 Å². The van der Waals surface area contributed by atoms with Crippen molar-refractivity contribution >= 4 is 39.2 Å². The zero-order valence-corrected chi connectivity index (χ0v) is 20.0. The minimum absolute atomic E-state index is 0.00848. The monoisotopic (exact) mass is 494 g/mol. The molecule has 0 saturated carbocycles. The van der Waals surface area contributed by atoms with Gasteiger partial charge >= 0.3 is 6.03 Å². The van der Waals surface area contributed by atoms with Crippen LogP contribution in [0.5, 0.6) is 0 Å². The molecule has 2 aromatic carbocycles. The molecule has 2 fully saturated rings. The van der Waals surface area contributed by atoms with E-state index in [2.05, 4.69) is 0 Å². The molecule has 0 spiro atoms. The summed E-state index contributed by atoms with van der Waals surface area (Å²) < 4.78 is 28.5. The third-order valence-corrected chi connectivity index (χ3v) is 9.41. The van der Waals surface area contributed by atoms with E-state index in [1.54, 1.807) is 46.2 Å². The van der Waals surface area contributed by atoms with Crippen molar-refractivity contribution in [1.29, 1.82) is 0 Å². The van der Waals surface area contributed by atoms with Crippen molar-refractivity contribution in [2.24, 2.45) is 0 Å². The third-order valence-electron chi connectivity index (χ3n) is 7.53. The zero-order chi connectivity index (χ0) is 24.3. The predicted octanol–water partition coefficient (Wildman–Crippen LogP) is 2.14. The minimum Gasteiger partial charge on any atom is -0.312 e. The Bertz CT molecular complexity index is 1340. The number of benzene rings is 2. The lowest BCUT2D eigenvalue weighted by atomic mass is 10.00. The largest absolute Gasteiger partial charge is 0.332 e. The van der Waals surface area contributed by atoms with Gasteiger partial charge in [0.05, 0.1) is 16.3 Å². The fourth-order valence-corrected chi connectivity index (χ4v) is 7.33. The fraction of sp³-hybridized carbons (Fsp3) is 0.400. The van der Waals surface area contributed by atoms with Crippen molar-refractivity contribution in [3.8, 4) is 0 Å². The molecule has 4 amide bonds. The minimum atomic E-state index is -3.70. The molecule has 182 valence electrons. The summed E-state index contributed by atoms with van der Waals surface area (Å²) >= 11 is 0. The first kappa shape index (κ1) is 22.2. The molecule has 0 aromatic heterocycles. The normalized spacial score (nSPS) is 21.3. The third kappa shape index (κ3) is 3.54. The second-order valence-corrected chi connectivity index (χ2v) is 11.4. The molecule has 35 heavy (non-hydrogen) atoms. The van der Waals surface area contributed by atoms with Crippen LogP contribution in [-0.4, -0.2) is 67.7 Å². The van der Waals surface area contributed by atoms with Gasteiger partial charge in [0.25, 0.3) is 5.91 Å². The van der Waals surface area contributed by atoms with Crippen LogP contribution in [0, 0.1) is 0 Å². The molecule has 0 atom stereocenters. The number of anilines is 2. The van der Waals surface area contributed by atoms with Gasteiger partial charge in [-0.3, -0.25) is 9.59 Å². The number of nitrogens with zero attached hydrogens (tertiary/aromatic N) is 4. The van der Waals surface area contributed by atoms with E-state index >= 15 is 0 Å². The Morgan fingerprint density at radius 3 is 2.20 bits per heavy atom. The Balaban J connectivity index is 1.17. The van der Waals surface area contributed by atoms with E-state index in [1.807, 2.05) is 6.07 Å². The Morgan fingerprint density at radius 1 is 0.800 bits per heavy atom. The van der Waals surface area contributed by atoms with Crippen LogP contribution in [0.1, 0.15) is 30.4 Å². The molecule has 9 nitrogen and oxygen atoms in total. The first-order valence-corrected chi connectivity index (χ1v) is 13.4. The van der Waals surface area contributed by atoms with Gasteiger partial charge in [-0.15, -0.1) is 0 Å². The highest BCUT2D eigenvalue weighted by molar-refractivity contribution is 7.89. The van der Waals surface area contributed by atoms with Crippen LogP contribution in [0.4, 0.5) is 16.2 Å². The number of amides is 4. The molecule has 4 aliphatic heterocycles. The van der Waals surface area contributed by atoms with Crippen LogP contribution >= 0.6 is 0 Å². The van der Waals surface area contributed by atoms with Gasteiger partial charge < -0.3 is 9.80 Å². The van der Waals surface area contributed by atoms with Gasteiger partial charge in [-0.1, -0.05) is 18.2 Å². The van der Waals surface area contributed by atoms with E-state index < -0.39 is 10.0 Å². The highest BCUT2D eigenvalue weighted by Crippen LogP contribution is 2.39. The molecule has 6 rings (SSSR count). The van der Waals surface area contributed by atoms with Crippen molar-refractivity contribution in [3.05, 3.63) is 53.6 Å². The van der Waals surface area contributed by atoms with E-state index in [4.69, 9.17) is 0 Å². The van der Waals surface area contributed by atoms with Crippen molar-refractivity contribution in [1.82, 2.24) is 9.21 Å². The van der Waals surface area contributed by atoms with Gasteiger partial charge in [0.2, 0.25) is 15.9 Å². The second-order valence-electron chi connectivity index (χ2n) is 9.50. The quantitative estimate of drug-likeness (QED) is 0.607. The summed E-state index contributed by atoms with van der Waals surface area (Å²) in [5, 5.41) is 0. The number of para-hydroxylation sites is 1. The molecule has 0 bridgehead atoms. The molecule has 10 heteroatoms. The number of carbonyl (C=O) groups is 3. The maximum Gasteiger partial charge on any atom is 0.332 e. The summed E-state index contributed by atoms with van der Waals surface area (Å²) in [5.41, 5.74) is 3.30. The fourth-order valence-electron chi connectivity index (χ4n) is 5.75. The Kier molecular flexibility index (Phi) is 5.19. The number of carbonyl (C=O) groups excluding carboxylic acids is 3. The van der Waals surface area contributed by atoms with Gasteiger partial charge in [-0.2, -0.15) is 4.31 Å². The number of sulfonamides is 1. The molecule has 4 heterocycles. The number of piperidine rings is 1. The Morgan fingerprint density at radius 2 is 1.49 bits per heavy atom. The second kappa shape index (κ2) is 8.17. The average Bonchev–Trinajstić information content (AvgIpc) is 3.43. The first-order chi connectivity index (χ1) is 16.8. The van der Waals surface area contributed by atoms with Crippen molar-refractivity contribution in [2.45, 2.75) is 43.0 Å². The molecule has 0 radical (unpaired) electrons. The molecule has 2 aromatic rings. The topological polar surface area (TPSA) is 98.3 Å². The lowest BCUT2D eigenvalue weighted by Gasteiger charge is -2.35. The first-order valence-electron chi connectivity index (χ1n) is 12.0. The van der Waals surface area contributed by atoms with Gasteiger partial charge in [0.1, 0.15) is 6.54 Å². The smallest absolute Gasteiger partial charge is 0.312 e. The maximum atomic E-state index is 13.5. The predicted molar refractivity (Wildman–Crippen MR) is 129 cm³/mol. The van der Waals surface area contributed by atoms with E-state index in [1.165, 1.54) is 9.21 Å². The molecule has 0 aliphatic carbocycles. The number of imide groups is 1. The van der Waals surface area contributed by atoms with Crippen LogP contribution in [0.2, 0.25) is 0 Å². The highest BCUT2D eigenvalue weighted by atomic mass is 32.2. The van der Waals surface area contributed by atoms with E-state index in [9.17, 15) is 22.8 Å². The van der Waals surface area contributed by atoms with E-state index in [0.29, 0.717) is 44.3 Å². The lowest BCUT2D eigenvalue weighted by molar-refractivity contribution is -0.119. The lowest BCUT2D eigenvalue weighted by Crippen LogP contribution is -2.48. The summed E-state index contributed by atoms with van der Waals surface area (Å²) in [6.45, 7) is 1.19. The molecule has 0 N–H and O–H groups in total. The van der Waals surface area contributed by atoms with Gasteiger partial charge in [-0.25, -0.2) is 18.1 Å². The Labute approximate surface area is 203 Å². The summed E-state index contributed by atoms with van der Waals surface area (Å²) in [6.07, 6.45) is 2.58. The highest BCUT2D eigenvalue weighted by Gasteiger charge is 2.43.